The summed E-state index contributed by atoms with van der Waals surface area (Å²) in [6.45, 7) is 1.62. The SMILES string of the molecule is O=C(Cc1cnn(Cc2ccc(CNC3CCC3)cc2)c1)c1n[nH]c2ccccc12. The van der Waals surface area contributed by atoms with E-state index in [0.29, 0.717) is 24.7 Å². The van der Waals surface area contributed by atoms with Gasteiger partial charge in [0.1, 0.15) is 5.69 Å². The average molecular weight is 399 g/mol. The number of para-hydroxylation sites is 1. The minimum Gasteiger partial charge on any atom is -0.310 e. The second kappa shape index (κ2) is 8.24. The van der Waals surface area contributed by atoms with Crippen molar-refractivity contribution in [3.8, 4) is 0 Å². The molecular formula is C24H25N5O. The lowest BCUT2D eigenvalue weighted by atomic mass is 9.93. The third-order valence-corrected chi connectivity index (χ3v) is 5.85. The van der Waals surface area contributed by atoms with E-state index in [2.05, 4.69) is 44.9 Å². The van der Waals surface area contributed by atoms with Crippen LogP contribution in [0.3, 0.4) is 0 Å². The van der Waals surface area contributed by atoms with Crippen LogP contribution in [0.15, 0.2) is 60.9 Å². The number of fused-ring (bicyclic) bond motifs is 1. The Bertz CT molecular complexity index is 1150. The van der Waals surface area contributed by atoms with Crippen molar-refractivity contribution in [2.75, 3.05) is 0 Å². The van der Waals surface area contributed by atoms with Crippen LogP contribution in [0, 0.1) is 0 Å². The number of benzene rings is 2. The van der Waals surface area contributed by atoms with Gasteiger partial charge < -0.3 is 5.32 Å². The molecule has 1 aliphatic carbocycles. The number of aromatic amines is 1. The molecule has 2 heterocycles. The number of ketones is 1. The highest BCUT2D eigenvalue weighted by atomic mass is 16.1. The van der Waals surface area contributed by atoms with E-state index in [-0.39, 0.29) is 5.78 Å². The van der Waals surface area contributed by atoms with E-state index in [9.17, 15) is 4.79 Å². The molecule has 4 aromatic rings. The van der Waals surface area contributed by atoms with E-state index in [1.807, 2.05) is 35.1 Å². The highest BCUT2D eigenvalue weighted by Gasteiger charge is 2.16. The van der Waals surface area contributed by atoms with Crippen LogP contribution in [0.4, 0.5) is 0 Å². The largest absolute Gasteiger partial charge is 0.310 e. The molecule has 0 amide bonds. The molecule has 0 unspecified atom stereocenters. The molecule has 0 spiro atoms. The summed E-state index contributed by atoms with van der Waals surface area (Å²) in [5, 5.41) is 16.0. The maximum atomic E-state index is 12.7. The maximum Gasteiger partial charge on any atom is 0.188 e. The number of carbonyl (C=O) groups is 1. The molecule has 0 aliphatic heterocycles. The molecule has 152 valence electrons. The number of hydrogen-bond acceptors (Lipinski definition) is 4. The standard InChI is InChI=1S/C24H25N5O/c30-23(24-21-6-1-2-7-22(21)27-28-24)12-19-14-26-29(16-19)15-18-10-8-17(9-11-18)13-25-20-4-3-5-20/h1-2,6-11,14,16,20,25H,3-5,12-13,15H2,(H,27,28). The van der Waals surface area contributed by atoms with Crippen molar-refractivity contribution >= 4 is 16.7 Å². The van der Waals surface area contributed by atoms with E-state index < -0.39 is 0 Å². The third-order valence-electron chi connectivity index (χ3n) is 5.85. The van der Waals surface area contributed by atoms with Gasteiger partial charge in [0.25, 0.3) is 0 Å². The van der Waals surface area contributed by atoms with Crippen molar-refractivity contribution in [2.24, 2.45) is 0 Å². The zero-order valence-electron chi connectivity index (χ0n) is 16.8. The van der Waals surface area contributed by atoms with Crippen LogP contribution in [0.1, 0.15) is 46.4 Å². The van der Waals surface area contributed by atoms with Crippen LogP contribution in [-0.2, 0) is 19.5 Å². The summed E-state index contributed by atoms with van der Waals surface area (Å²) >= 11 is 0. The minimum absolute atomic E-state index is 0.00434. The summed E-state index contributed by atoms with van der Waals surface area (Å²) in [6.07, 6.45) is 7.96. The molecule has 1 saturated carbocycles. The fourth-order valence-electron chi connectivity index (χ4n) is 3.85. The molecule has 1 aliphatic rings. The lowest BCUT2D eigenvalue weighted by Crippen LogP contribution is -2.34. The van der Waals surface area contributed by atoms with Gasteiger partial charge in [0.05, 0.1) is 18.3 Å². The Hall–Kier alpha value is -3.25. The van der Waals surface area contributed by atoms with Gasteiger partial charge in [-0.2, -0.15) is 10.2 Å². The first kappa shape index (κ1) is 18.8. The molecule has 0 radical (unpaired) electrons. The Morgan fingerprint density at radius 3 is 2.67 bits per heavy atom. The molecule has 1 fully saturated rings. The van der Waals surface area contributed by atoms with Crippen molar-refractivity contribution in [1.29, 1.82) is 0 Å². The van der Waals surface area contributed by atoms with Crippen LogP contribution in [0.25, 0.3) is 10.9 Å². The van der Waals surface area contributed by atoms with Gasteiger partial charge in [-0.3, -0.25) is 14.6 Å². The molecular weight excluding hydrogens is 374 g/mol. The summed E-state index contributed by atoms with van der Waals surface area (Å²) in [5.41, 5.74) is 4.77. The first-order chi connectivity index (χ1) is 14.7. The van der Waals surface area contributed by atoms with Gasteiger partial charge in [-0.15, -0.1) is 0 Å². The highest BCUT2D eigenvalue weighted by Crippen LogP contribution is 2.19. The van der Waals surface area contributed by atoms with Gasteiger partial charge in [-0.1, -0.05) is 48.9 Å². The highest BCUT2D eigenvalue weighted by molar-refractivity contribution is 6.06. The Morgan fingerprint density at radius 1 is 1.07 bits per heavy atom. The summed E-state index contributed by atoms with van der Waals surface area (Å²) < 4.78 is 1.88. The fourth-order valence-corrected chi connectivity index (χ4v) is 3.85. The monoisotopic (exact) mass is 399 g/mol. The molecule has 2 N–H and O–H groups in total. The van der Waals surface area contributed by atoms with Crippen LogP contribution in [0.2, 0.25) is 0 Å². The van der Waals surface area contributed by atoms with E-state index >= 15 is 0 Å². The number of nitrogens with zero attached hydrogens (tertiary/aromatic N) is 3. The summed E-state index contributed by atoms with van der Waals surface area (Å²) in [4.78, 5) is 12.7. The van der Waals surface area contributed by atoms with E-state index in [1.54, 1.807) is 6.20 Å². The van der Waals surface area contributed by atoms with Gasteiger partial charge in [0.15, 0.2) is 5.78 Å². The number of nitrogens with one attached hydrogen (secondary N) is 2. The average Bonchev–Trinajstić information content (AvgIpc) is 3.35. The smallest absolute Gasteiger partial charge is 0.188 e. The molecule has 0 saturated heterocycles. The van der Waals surface area contributed by atoms with Crippen LogP contribution in [0.5, 0.6) is 0 Å². The molecule has 6 nitrogen and oxygen atoms in total. The summed E-state index contributed by atoms with van der Waals surface area (Å²) in [7, 11) is 0. The molecule has 0 atom stereocenters. The lowest BCUT2D eigenvalue weighted by Gasteiger charge is -2.26. The molecule has 30 heavy (non-hydrogen) atoms. The normalized spacial score (nSPS) is 14.1. The van der Waals surface area contributed by atoms with Gasteiger partial charge in [-0.25, -0.2) is 0 Å². The molecule has 2 aromatic heterocycles. The maximum absolute atomic E-state index is 12.7. The quantitative estimate of drug-likeness (QED) is 0.441. The second-order valence-corrected chi connectivity index (χ2v) is 8.09. The third kappa shape index (κ3) is 4.04. The number of H-pyrrole nitrogens is 1. The second-order valence-electron chi connectivity index (χ2n) is 8.09. The predicted octanol–water partition coefficient (Wildman–Crippen LogP) is 3.88. The molecule has 2 aromatic carbocycles. The molecule has 0 bridgehead atoms. The van der Waals surface area contributed by atoms with Crippen molar-refractivity contribution in [3.63, 3.8) is 0 Å². The summed E-state index contributed by atoms with van der Waals surface area (Å²) in [5.74, 6) is -0.00434. The zero-order valence-corrected chi connectivity index (χ0v) is 16.8. The van der Waals surface area contributed by atoms with Crippen molar-refractivity contribution in [3.05, 3.63) is 83.3 Å². The number of carbonyl (C=O) groups excluding carboxylic acids is 1. The first-order valence-electron chi connectivity index (χ1n) is 10.5. The minimum atomic E-state index is -0.00434. The topological polar surface area (TPSA) is 75.6 Å². The zero-order chi connectivity index (χ0) is 20.3. The van der Waals surface area contributed by atoms with Gasteiger partial charge in [0, 0.05) is 30.6 Å². The predicted molar refractivity (Wildman–Crippen MR) is 116 cm³/mol. The Morgan fingerprint density at radius 2 is 1.87 bits per heavy atom. The van der Waals surface area contributed by atoms with Crippen molar-refractivity contribution < 1.29 is 4.79 Å². The Kier molecular flexibility index (Phi) is 5.15. The number of hydrogen-bond donors (Lipinski definition) is 2. The van der Waals surface area contributed by atoms with Gasteiger partial charge >= 0.3 is 0 Å². The van der Waals surface area contributed by atoms with Gasteiger partial charge in [0.2, 0.25) is 0 Å². The van der Waals surface area contributed by atoms with Crippen LogP contribution in [-0.4, -0.2) is 31.8 Å². The number of aromatic nitrogens is 4. The number of Topliss-reactive ketones (excluding diaryl/α,β-unsaturated/α-hetero) is 1. The van der Waals surface area contributed by atoms with E-state index in [4.69, 9.17) is 0 Å². The number of rotatable bonds is 8. The Balaban J connectivity index is 1.19. The van der Waals surface area contributed by atoms with E-state index in [0.717, 1.165) is 23.0 Å². The van der Waals surface area contributed by atoms with Crippen molar-refractivity contribution in [2.45, 2.75) is 44.8 Å². The lowest BCUT2D eigenvalue weighted by molar-refractivity contribution is 0.0989. The van der Waals surface area contributed by atoms with Crippen LogP contribution >= 0.6 is 0 Å². The van der Waals surface area contributed by atoms with Crippen LogP contribution < -0.4 is 5.32 Å². The van der Waals surface area contributed by atoms with Gasteiger partial charge in [-0.05, 0) is 35.6 Å². The molecule has 6 heteroatoms. The summed E-state index contributed by atoms with van der Waals surface area (Å²) in [6, 6.07) is 17.1. The fraction of sp³-hybridized carbons (Fsp3) is 0.292. The van der Waals surface area contributed by atoms with E-state index in [1.165, 1.54) is 30.4 Å². The first-order valence-corrected chi connectivity index (χ1v) is 10.5. The Labute approximate surface area is 175 Å². The van der Waals surface area contributed by atoms with Crippen molar-refractivity contribution in [1.82, 2.24) is 25.3 Å². The molecule has 5 rings (SSSR count).